The van der Waals surface area contributed by atoms with E-state index in [-0.39, 0.29) is 5.84 Å². The Morgan fingerprint density at radius 2 is 2.20 bits per heavy atom. The van der Waals surface area contributed by atoms with E-state index < -0.39 is 5.60 Å². The minimum absolute atomic E-state index is 0.247. The van der Waals surface area contributed by atoms with Gasteiger partial charge >= 0.3 is 0 Å². The molecule has 0 fully saturated rings. The van der Waals surface area contributed by atoms with Crippen molar-refractivity contribution in [3.8, 4) is 0 Å². The average molecular weight is 217 g/mol. The summed E-state index contributed by atoms with van der Waals surface area (Å²) < 4.78 is 0. The SMILES string of the molecule is CCCC(C)(O)CNCCCC(N)=NO. The first kappa shape index (κ1) is 14.2. The molecule has 0 aliphatic heterocycles. The highest BCUT2D eigenvalue weighted by molar-refractivity contribution is 5.79. The fourth-order valence-corrected chi connectivity index (χ4v) is 1.43. The summed E-state index contributed by atoms with van der Waals surface area (Å²) in [6.07, 6.45) is 3.14. The van der Waals surface area contributed by atoms with Crippen LogP contribution in [0.5, 0.6) is 0 Å². The largest absolute Gasteiger partial charge is 0.409 e. The molecule has 0 aromatic carbocycles. The van der Waals surface area contributed by atoms with Crippen molar-refractivity contribution in [2.45, 2.75) is 45.1 Å². The zero-order valence-corrected chi connectivity index (χ0v) is 9.66. The normalized spacial score (nSPS) is 16.3. The molecule has 0 saturated carbocycles. The number of oxime groups is 1. The van der Waals surface area contributed by atoms with Crippen molar-refractivity contribution in [2.75, 3.05) is 13.1 Å². The number of nitrogens with zero attached hydrogens (tertiary/aromatic N) is 1. The van der Waals surface area contributed by atoms with E-state index in [1.165, 1.54) is 0 Å². The Morgan fingerprint density at radius 3 is 2.73 bits per heavy atom. The van der Waals surface area contributed by atoms with Gasteiger partial charge in [-0.25, -0.2) is 0 Å². The van der Waals surface area contributed by atoms with Crippen LogP contribution in [0.3, 0.4) is 0 Å². The summed E-state index contributed by atoms with van der Waals surface area (Å²) in [5, 5.41) is 24.1. The van der Waals surface area contributed by atoms with E-state index in [0.29, 0.717) is 13.0 Å². The van der Waals surface area contributed by atoms with Crippen LogP contribution in [-0.4, -0.2) is 34.8 Å². The molecule has 0 rings (SSSR count). The van der Waals surface area contributed by atoms with Crippen molar-refractivity contribution in [1.29, 1.82) is 0 Å². The van der Waals surface area contributed by atoms with E-state index in [4.69, 9.17) is 10.9 Å². The molecule has 0 bridgehead atoms. The zero-order valence-electron chi connectivity index (χ0n) is 9.66. The zero-order chi connectivity index (χ0) is 11.7. The molecule has 0 aromatic heterocycles. The van der Waals surface area contributed by atoms with Gasteiger partial charge in [0.25, 0.3) is 0 Å². The number of rotatable bonds is 8. The Balaban J connectivity index is 3.46. The Morgan fingerprint density at radius 1 is 1.53 bits per heavy atom. The van der Waals surface area contributed by atoms with Gasteiger partial charge in [0.1, 0.15) is 5.84 Å². The first-order chi connectivity index (χ1) is 7.02. The summed E-state index contributed by atoms with van der Waals surface area (Å²) in [5.41, 5.74) is 4.68. The maximum absolute atomic E-state index is 9.82. The van der Waals surface area contributed by atoms with Crippen LogP contribution < -0.4 is 11.1 Å². The van der Waals surface area contributed by atoms with Crippen LogP contribution in [0.1, 0.15) is 39.5 Å². The number of hydrogen-bond acceptors (Lipinski definition) is 4. The van der Waals surface area contributed by atoms with Gasteiger partial charge < -0.3 is 21.4 Å². The van der Waals surface area contributed by atoms with Crippen molar-refractivity contribution in [3.63, 3.8) is 0 Å². The smallest absolute Gasteiger partial charge is 0.139 e. The maximum Gasteiger partial charge on any atom is 0.139 e. The Hall–Kier alpha value is -0.810. The van der Waals surface area contributed by atoms with Crippen LogP contribution in [0.25, 0.3) is 0 Å². The molecule has 1 unspecified atom stereocenters. The third-order valence-corrected chi connectivity index (χ3v) is 2.21. The van der Waals surface area contributed by atoms with E-state index in [0.717, 1.165) is 25.8 Å². The number of amidine groups is 1. The van der Waals surface area contributed by atoms with Gasteiger partial charge in [-0.15, -0.1) is 0 Å². The van der Waals surface area contributed by atoms with Crippen LogP contribution in [0.15, 0.2) is 5.16 Å². The second kappa shape index (κ2) is 7.48. The van der Waals surface area contributed by atoms with Crippen LogP contribution in [0, 0.1) is 0 Å². The molecule has 0 aromatic rings. The quantitative estimate of drug-likeness (QED) is 0.158. The third kappa shape index (κ3) is 8.20. The van der Waals surface area contributed by atoms with E-state index in [2.05, 4.69) is 10.5 Å². The van der Waals surface area contributed by atoms with E-state index in [1.807, 2.05) is 13.8 Å². The van der Waals surface area contributed by atoms with Gasteiger partial charge in [-0.2, -0.15) is 0 Å². The molecule has 5 N–H and O–H groups in total. The molecule has 0 aliphatic carbocycles. The van der Waals surface area contributed by atoms with Gasteiger partial charge in [-0.05, 0) is 26.3 Å². The summed E-state index contributed by atoms with van der Waals surface area (Å²) in [6, 6.07) is 0. The van der Waals surface area contributed by atoms with Gasteiger partial charge in [0.2, 0.25) is 0 Å². The van der Waals surface area contributed by atoms with Crippen molar-refractivity contribution in [2.24, 2.45) is 10.9 Å². The van der Waals surface area contributed by atoms with Gasteiger partial charge in [0.05, 0.1) is 5.60 Å². The van der Waals surface area contributed by atoms with Gasteiger partial charge in [-0.1, -0.05) is 18.5 Å². The molecule has 5 heteroatoms. The summed E-state index contributed by atoms with van der Waals surface area (Å²) in [4.78, 5) is 0. The summed E-state index contributed by atoms with van der Waals surface area (Å²) in [6.45, 7) is 5.22. The lowest BCUT2D eigenvalue weighted by Gasteiger charge is -2.22. The molecule has 0 amide bonds. The Bertz CT molecular complexity index is 193. The first-order valence-corrected chi connectivity index (χ1v) is 5.41. The second-order valence-electron chi connectivity index (χ2n) is 4.12. The van der Waals surface area contributed by atoms with Crippen molar-refractivity contribution in [3.05, 3.63) is 0 Å². The fourth-order valence-electron chi connectivity index (χ4n) is 1.43. The van der Waals surface area contributed by atoms with Crippen LogP contribution in [0.2, 0.25) is 0 Å². The summed E-state index contributed by atoms with van der Waals surface area (Å²) in [7, 11) is 0. The van der Waals surface area contributed by atoms with Crippen molar-refractivity contribution < 1.29 is 10.3 Å². The molecule has 0 aliphatic rings. The monoisotopic (exact) mass is 217 g/mol. The number of nitrogens with one attached hydrogen (secondary N) is 1. The lowest BCUT2D eigenvalue weighted by molar-refractivity contribution is 0.0503. The summed E-state index contributed by atoms with van der Waals surface area (Å²) >= 11 is 0. The van der Waals surface area contributed by atoms with Crippen LogP contribution in [-0.2, 0) is 0 Å². The van der Waals surface area contributed by atoms with E-state index >= 15 is 0 Å². The molecule has 1 atom stereocenters. The molecular weight excluding hydrogens is 194 g/mol. The lowest BCUT2D eigenvalue weighted by atomic mass is 10.0. The first-order valence-electron chi connectivity index (χ1n) is 5.41. The standard InChI is InChI=1S/C10H23N3O2/c1-3-6-10(2,14)8-12-7-4-5-9(11)13-15/h12,14-15H,3-8H2,1-2H3,(H2,11,13). The minimum atomic E-state index is -0.634. The summed E-state index contributed by atoms with van der Waals surface area (Å²) in [5.74, 6) is 0.247. The number of aliphatic hydroxyl groups is 1. The highest BCUT2D eigenvalue weighted by atomic mass is 16.4. The topological polar surface area (TPSA) is 90.9 Å². The molecule has 0 heterocycles. The fraction of sp³-hybridized carbons (Fsp3) is 0.900. The van der Waals surface area contributed by atoms with Crippen molar-refractivity contribution in [1.82, 2.24) is 5.32 Å². The second-order valence-corrected chi connectivity index (χ2v) is 4.12. The predicted octanol–water partition coefficient (Wildman–Crippen LogP) is 0.654. The van der Waals surface area contributed by atoms with E-state index in [9.17, 15) is 5.11 Å². The molecule has 5 nitrogen and oxygen atoms in total. The Labute approximate surface area is 91.4 Å². The highest BCUT2D eigenvalue weighted by Gasteiger charge is 2.17. The van der Waals surface area contributed by atoms with E-state index in [1.54, 1.807) is 0 Å². The molecule has 90 valence electrons. The Kier molecular flexibility index (Phi) is 7.07. The molecule has 0 spiro atoms. The molecule has 0 radical (unpaired) electrons. The van der Waals surface area contributed by atoms with Crippen LogP contribution >= 0.6 is 0 Å². The molecule has 15 heavy (non-hydrogen) atoms. The number of nitrogens with two attached hydrogens (primary N) is 1. The minimum Gasteiger partial charge on any atom is -0.409 e. The third-order valence-electron chi connectivity index (χ3n) is 2.21. The van der Waals surface area contributed by atoms with Gasteiger partial charge in [-0.3, -0.25) is 0 Å². The van der Waals surface area contributed by atoms with Crippen molar-refractivity contribution >= 4 is 5.84 Å². The maximum atomic E-state index is 9.82. The highest BCUT2D eigenvalue weighted by Crippen LogP contribution is 2.09. The lowest BCUT2D eigenvalue weighted by Crippen LogP contribution is -2.38. The van der Waals surface area contributed by atoms with Gasteiger partial charge in [0, 0.05) is 13.0 Å². The molecular formula is C10H23N3O2. The predicted molar refractivity (Wildman–Crippen MR) is 61.0 cm³/mol. The molecule has 0 saturated heterocycles. The van der Waals surface area contributed by atoms with Gasteiger partial charge in [0.15, 0.2) is 0 Å². The average Bonchev–Trinajstić information content (AvgIpc) is 2.16. The number of hydrogen-bond donors (Lipinski definition) is 4. The van der Waals surface area contributed by atoms with Crippen LogP contribution in [0.4, 0.5) is 0 Å².